The Kier molecular flexibility index (Phi) is 0.887. The molecular formula is C6H4FNO2. The van der Waals surface area contributed by atoms with Crippen molar-refractivity contribution in [1.82, 2.24) is 4.98 Å². The van der Waals surface area contributed by atoms with Crippen LogP contribution in [0.5, 0.6) is 0 Å². The van der Waals surface area contributed by atoms with Gasteiger partial charge in [0.05, 0.1) is 9.68 Å². The Morgan fingerprint density at radius 1 is 1.90 bits per heavy atom. The Bertz CT molecular complexity index is 356. The predicted octanol–water partition coefficient (Wildman–Crippen LogP) is 0.919. The van der Waals surface area contributed by atoms with E-state index in [1.807, 2.05) is 0 Å². The van der Waals surface area contributed by atoms with Crippen LogP contribution in [0.1, 0.15) is 14.5 Å². The van der Waals surface area contributed by atoms with E-state index in [-0.39, 0.29) is 0 Å². The number of aromatic nitrogens is 1. The first-order valence-electron chi connectivity index (χ1n) is 3.81. The SMILES string of the molecule is [2H]c1nc(F)c([2H])c(C(=O)O)c1[2H]. The summed E-state index contributed by atoms with van der Waals surface area (Å²) in [6.45, 7) is 0. The smallest absolute Gasteiger partial charge is 0.335 e. The molecule has 1 rings (SSSR count). The van der Waals surface area contributed by atoms with Gasteiger partial charge in [0, 0.05) is 12.2 Å². The molecule has 0 saturated carbocycles. The molecule has 0 spiro atoms. The molecule has 0 aliphatic heterocycles. The van der Waals surface area contributed by atoms with Gasteiger partial charge in [-0.1, -0.05) is 0 Å². The Labute approximate surface area is 60.4 Å². The number of pyridine rings is 1. The molecule has 0 saturated heterocycles. The monoisotopic (exact) mass is 144 g/mol. The highest BCUT2D eigenvalue weighted by Crippen LogP contribution is 1.98. The maximum Gasteiger partial charge on any atom is 0.335 e. The molecule has 3 nitrogen and oxygen atoms in total. The second-order valence-electron chi connectivity index (χ2n) is 1.44. The lowest BCUT2D eigenvalue weighted by Crippen LogP contribution is -1.97. The van der Waals surface area contributed by atoms with Crippen LogP contribution in [0.25, 0.3) is 0 Å². The van der Waals surface area contributed by atoms with Gasteiger partial charge in [0.25, 0.3) is 0 Å². The van der Waals surface area contributed by atoms with Gasteiger partial charge in [-0.3, -0.25) is 0 Å². The first kappa shape index (κ1) is 3.65. The molecule has 1 aromatic rings. The average molecular weight is 144 g/mol. The third-order valence-electron chi connectivity index (χ3n) is 0.777. The van der Waals surface area contributed by atoms with Gasteiger partial charge in [-0.05, 0) is 6.04 Å². The maximum absolute atomic E-state index is 12.6. The van der Waals surface area contributed by atoms with Crippen molar-refractivity contribution >= 4 is 5.97 Å². The number of carboxylic acid groups (broad SMARTS) is 1. The molecule has 0 atom stereocenters. The summed E-state index contributed by atoms with van der Waals surface area (Å²) in [4.78, 5) is 13.3. The van der Waals surface area contributed by atoms with Gasteiger partial charge in [-0.15, -0.1) is 0 Å². The topological polar surface area (TPSA) is 50.2 Å². The molecule has 1 heterocycles. The van der Waals surface area contributed by atoms with E-state index in [1.165, 1.54) is 0 Å². The van der Waals surface area contributed by atoms with Crippen molar-refractivity contribution < 1.29 is 18.4 Å². The van der Waals surface area contributed by atoms with E-state index in [9.17, 15) is 9.18 Å². The van der Waals surface area contributed by atoms with Crippen molar-refractivity contribution in [1.29, 1.82) is 0 Å². The highest BCUT2D eigenvalue weighted by molar-refractivity contribution is 5.87. The zero-order valence-corrected chi connectivity index (χ0v) is 4.68. The molecule has 4 heteroatoms. The number of carboxylic acids is 1. The summed E-state index contributed by atoms with van der Waals surface area (Å²) >= 11 is 0. The van der Waals surface area contributed by atoms with Crippen LogP contribution in [0.3, 0.4) is 0 Å². The standard InChI is InChI=1S/C6H4FNO2/c7-5-3-4(6(9)10)1-2-8-5/h1-3H,(H,9,10)/i1D,2D,3D. The quantitative estimate of drug-likeness (QED) is 0.596. The summed E-state index contributed by atoms with van der Waals surface area (Å²) < 4.78 is 33.5. The van der Waals surface area contributed by atoms with Crippen molar-refractivity contribution in [3.63, 3.8) is 0 Å². The molecule has 0 radical (unpaired) electrons. The largest absolute Gasteiger partial charge is 0.478 e. The predicted molar refractivity (Wildman–Crippen MR) is 31.2 cm³/mol. The van der Waals surface area contributed by atoms with Crippen molar-refractivity contribution in [2.45, 2.75) is 0 Å². The molecular weight excluding hydrogens is 137 g/mol. The van der Waals surface area contributed by atoms with Crippen LogP contribution < -0.4 is 0 Å². The first-order valence-corrected chi connectivity index (χ1v) is 2.31. The van der Waals surface area contributed by atoms with E-state index in [4.69, 9.17) is 9.22 Å². The van der Waals surface area contributed by atoms with Crippen LogP contribution >= 0.6 is 0 Å². The number of nitrogens with zero attached hydrogens (tertiary/aromatic N) is 1. The normalized spacial score (nSPS) is 13.5. The van der Waals surface area contributed by atoms with Crippen LogP contribution in [0.2, 0.25) is 0 Å². The van der Waals surface area contributed by atoms with E-state index in [0.717, 1.165) is 0 Å². The molecule has 1 N–H and O–H groups in total. The number of hydrogen-bond donors (Lipinski definition) is 1. The summed E-state index contributed by atoms with van der Waals surface area (Å²) in [5.74, 6) is -2.96. The van der Waals surface area contributed by atoms with Crippen molar-refractivity contribution in [3.05, 3.63) is 29.8 Å². The molecule has 0 aliphatic carbocycles. The van der Waals surface area contributed by atoms with Gasteiger partial charge in [-0.2, -0.15) is 4.39 Å². The first-order chi connectivity index (χ1) is 5.95. The third-order valence-corrected chi connectivity index (χ3v) is 0.777. The summed E-state index contributed by atoms with van der Waals surface area (Å²) in [5.41, 5.74) is -0.836. The molecule has 0 bridgehead atoms. The minimum absolute atomic E-state index is 0.751. The van der Waals surface area contributed by atoms with Gasteiger partial charge in [-0.25, -0.2) is 9.78 Å². The van der Waals surface area contributed by atoms with Gasteiger partial charge in [0.15, 0.2) is 0 Å². The van der Waals surface area contributed by atoms with E-state index in [0.29, 0.717) is 0 Å². The van der Waals surface area contributed by atoms with Crippen LogP contribution in [-0.2, 0) is 0 Å². The fourth-order valence-corrected chi connectivity index (χ4v) is 0.402. The Morgan fingerprint density at radius 3 is 3.20 bits per heavy atom. The molecule has 0 fully saturated rings. The zero-order chi connectivity index (χ0) is 10.2. The number of rotatable bonds is 1. The Morgan fingerprint density at radius 2 is 2.60 bits per heavy atom. The molecule has 0 aliphatic rings. The highest BCUT2D eigenvalue weighted by Gasteiger charge is 2.02. The van der Waals surface area contributed by atoms with Crippen molar-refractivity contribution in [3.8, 4) is 0 Å². The minimum atomic E-state index is -1.61. The Balaban J connectivity index is 3.56. The fourth-order valence-electron chi connectivity index (χ4n) is 0.402. The van der Waals surface area contributed by atoms with Crippen LogP contribution in [-0.4, -0.2) is 16.1 Å². The summed E-state index contributed by atoms with van der Waals surface area (Å²) in [7, 11) is 0. The molecule has 0 unspecified atom stereocenters. The van der Waals surface area contributed by atoms with Gasteiger partial charge < -0.3 is 5.11 Å². The number of aromatic carboxylic acids is 1. The van der Waals surface area contributed by atoms with E-state index < -0.39 is 35.7 Å². The fraction of sp³-hybridized carbons (Fsp3) is 0. The summed E-state index contributed by atoms with van der Waals surface area (Å²) in [5, 5.41) is 8.48. The third kappa shape index (κ3) is 1.28. The Hall–Kier alpha value is -1.45. The van der Waals surface area contributed by atoms with Crippen molar-refractivity contribution in [2.75, 3.05) is 0 Å². The highest BCUT2D eigenvalue weighted by atomic mass is 19.1. The summed E-state index contributed by atoms with van der Waals surface area (Å²) in [6, 6.07) is -1.72. The van der Waals surface area contributed by atoms with Crippen LogP contribution in [0, 0.1) is 5.95 Å². The van der Waals surface area contributed by atoms with E-state index in [2.05, 4.69) is 4.98 Å². The second-order valence-corrected chi connectivity index (χ2v) is 1.44. The molecule has 52 valence electrons. The van der Waals surface area contributed by atoms with Crippen LogP contribution in [0.4, 0.5) is 4.39 Å². The number of hydrogen-bond acceptors (Lipinski definition) is 2. The molecule has 0 aromatic carbocycles. The minimum Gasteiger partial charge on any atom is -0.478 e. The lowest BCUT2D eigenvalue weighted by atomic mass is 10.3. The van der Waals surface area contributed by atoms with Crippen LogP contribution in [0.15, 0.2) is 18.3 Å². The zero-order valence-electron chi connectivity index (χ0n) is 7.68. The second kappa shape index (κ2) is 2.43. The van der Waals surface area contributed by atoms with E-state index in [1.54, 1.807) is 0 Å². The van der Waals surface area contributed by atoms with Gasteiger partial charge in [0.1, 0.15) is 0 Å². The van der Waals surface area contributed by atoms with Crippen molar-refractivity contribution in [2.24, 2.45) is 0 Å². The molecule has 10 heavy (non-hydrogen) atoms. The van der Waals surface area contributed by atoms with Gasteiger partial charge in [0.2, 0.25) is 5.95 Å². The van der Waals surface area contributed by atoms with Gasteiger partial charge >= 0.3 is 5.97 Å². The number of halogens is 1. The summed E-state index contributed by atoms with van der Waals surface area (Å²) in [6.07, 6.45) is -0.786. The maximum atomic E-state index is 12.6. The number of carbonyl (C=O) groups is 1. The average Bonchev–Trinajstić information content (AvgIpc) is 2.01. The molecule has 0 amide bonds. The molecule has 1 aromatic heterocycles. The lowest BCUT2D eigenvalue weighted by Gasteiger charge is -1.90. The van der Waals surface area contributed by atoms with E-state index >= 15 is 0 Å². The lowest BCUT2D eigenvalue weighted by molar-refractivity contribution is 0.0696.